The number of nitrogens with one attached hydrogen (secondary N) is 1. The second-order valence-corrected chi connectivity index (χ2v) is 2.43. The van der Waals surface area contributed by atoms with Gasteiger partial charge in [-0.2, -0.15) is 0 Å². The fraction of sp³-hybridized carbons (Fsp3) is 0.833. The van der Waals surface area contributed by atoms with Gasteiger partial charge in [-0.25, -0.2) is 8.78 Å². The molecule has 6 heteroatoms. The van der Waals surface area contributed by atoms with Gasteiger partial charge < -0.3 is 16.2 Å². The number of aliphatic hydroxyl groups excluding tert-OH is 1. The molecule has 2 atom stereocenters. The molecule has 0 radical (unpaired) electrons. The van der Waals surface area contributed by atoms with E-state index < -0.39 is 24.5 Å². The first-order chi connectivity index (χ1) is 5.45. The zero-order valence-corrected chi connectivity index (χ0v) is 6.63. The summed E-state index contributed by atoms with van der Waals surface area (Å²) in [6, 6.07) is -0.710. The molecule has 0 saturated heterocycles. The van der Waals surface area contributed by atoms with Crippen LogP contribution in [0.4, 0.5) is 8.78 Å². The Balaban J connectivity index is 3.61. The number of nitrogens with two attached hydrogens (primary N) is 1. The summed E-state index contributed by atoms with van der Waals surface area (Å²) < 4.78 is 23.3. The highest BCUT2D eigenvalue weighted by molar-refractivity contribution is 5.79. The summed E-state index contributed by atoms with van der Waals surface area (Å²) in [6.45, 7) is 1.09. The van der Waals surface area contributed by atoms with Crippen molar-refractivity contribution in [2.75, 3.05) is 6.54 Å². The lowest BCUT2D eigenvalue weighted by atomic mass is 10.3. The molecule has 0 aliphatic heterocycles. The number of rotatable bonds is 5. The molecule has 0 aromatic rings. The quantitative estimate of drug-likeness (QED) is 0.514. The summed E-state index contributed by atoms with van der Waals surface area (Å²) in [5.41, 5.74) is 4.83. The Kier molecular flexibility index (Phi) is 4.68. The van der Waals surface area contributed by atoms with Crippen molar-refractivity contribution in [3.63, 3.8) is 0 Å². The minimum Gasteiger partial charge on any atom is -0.386 e. The molecule has 4 nitrogen and oxygen atoms in total. The summed E-state index contributed by atoms with van der Waals surface area (Å²) in [5, 5.41) is 11.0. The monoisotopic (exact) mass is 182 g/mol. The van der Waals surface area contributed by atoms with Crippen molar-refractivity contribution in [3.8, 4) is 0 Å². The minimum atomic E-state index is -2.81. The third kappa shape index (κ3) is 4.20. The van der Waals surface area contributed by atoms with Gasteiger partial charge >= 0.3 is 0 Å². The molecule has 2 unspecified atom stereocenters. The van der Waals surface area contributed by atoms with E-state index in [0.717, 1.165) is 0 Å². The number of amides is 1. The van der Waals surface area contributed by atoms with Crippen LogP contribution in [0.15, 0.2) is 0 Å². The number of halogens is 2. The number of hydrogen-bond acceptors (Lipinski definition) is 3. The molecule has 0 aromatic carbocycles. The minimum absolute atomic E-state index is 0.345. The predicted molar refractivity (Wildman–Crippen MR) is 38.7 cm³/mol. The number of carbonyl (C=O) groups is 1. The number of alkyl halides is 2. The molecule has 0 saturated carbocycles. The molecule has 1 amide bonds. The van der Waals surface area contributed by atoms with Gasteiger partial charge in [0.15, 0.2) is 0 Å². The van der Waals surface area contributed by atoms with E-state index in [1.54, 1.807) is 0 Å². The van der Waals surface area contributed by atoms with Gasteiger partial charge in [0, 0.05) is 6.54 Å². The second kappa shape index (κ2) is 5.00. The Hall–Kier alpha value is -0.750. The second-order valence-electron chi connectivity index (χ2n) is 2.43. The van der Waals surface area contributed by atoms with Crippen LogP contribution in [0, 0.1) is 0 Å². The van der Waals surface area contributed by atoms with Crippen molar-refractivity contribution in [2.45, 2.75) is 25.5 Å². The van der Waals surface area contributed by atoms with Crippen LogP contribution in [-0.2, 0) is 4.79 Å². The highest BCUT2D eigenvalue weighted by Gasteiger charge is 2.18. The maximum Gasteiger partial charge on any atom is 0.265 e. The molecular weight excluding hydrogens is 170 g/mol. The molecule has 0 spiro atoms. The molecular formula is C6H12F2N2O2. The highest BCUT2D eigenvalue weighted by Crippen LogP contribution is 1.98. The molecule has 0 aromatic heterocycles. The zero-order valence-electron chi connectivity index (χ0n) is 6.63. The Labute approximate surface area is 68.7 Å². The van der Waals surface area contributed by atoms with Gasteiger partial charge in [0.25, 0.3) is 6.43 Å². The normalized spacial score (nSPS) is 16.1. The Morgan fingerprint density at radius 3 is 2.50 bits per heavy atom. The topological polar surface area (TPSA) is 75.3 Å². The van der Waals surface area contributed by atoms with Crippen LogP contribution in [0.3, 0.4) is 0 Å². The summed E-state index contributed by atoms with van der Waals surface area (Å²) in [5.74, 6) is -0.642. The van der Waals surface area contributed by atoms with Crippen molar-refractivity contribution in [1.29, 1.82) is 0 Å². The summed E-state index contributed by atoms with van der Waals surface area (Å²) in [6.07, 6.45) is -4.57. The fourth-order valence-electron chi connectivity index (χ4n) is 0.487. The van der Waals surface area contributed by atoms with E-state index in [0.29, 0.717) is 0 Å². The maximum absolute atomic E-state index is 11.7. The van der Waals surface area contributed by atoms with Gasteiger partial charge in [-0.1, -0.05) is 0 Å². The molecule has 0 aliphatic rings. The molecule has 0 bridgehead atoms. The Bertz CT molecular complexity index is 154. The Morgan fingerprint density at radius 2 is 2.17 bits per heavy atom. The third-order valence-corrected chi connectivity index (χ3v) is 1.35. The van der Waals surface area contributed by atoms with Crippen LogP contribution in [0.2, 0.25) is 0 Å². The molecule has 4 N–H and O–H groups in total. The summed E-state index contributed by atoms with van der Waals surface area (Å²) in [7, 11) is 0. The standard InChI is InChI=1S/C6H12F2N2O2/c1-3(6(9)12)10-2-4(11)5(7)8/h3-5,10-11H,2H2,1H3,(H2,9,12). The fourth-order valence-corrected chi connectivity index (χ4v) is 0.487. The zero-order chi connectivity index (χ0) is 9.72. The highest BCUT2D eigenvalue weighted by atomic mass is 19.3. The smallest absolute Gasteiger partial charge is 0.265 e. The van der Waals surface area contributed by atoms with Gasteiger partial charge in [-0.3, -0.25) is 4.79 Å². The SMILES string of the molecule is CC(NCC(O)C(F)F)C(N)=O. The van der Waals surface area contributed by atoms with E-state index in [-0.39, 0.29) is 6.54 Å². The molecule has 0 aliphatic carbocycles. The van der Waals surface area contributed by atoms with Crippen molar-refractivity contribution in [3.05, 3.63) is 0 Å². The van der Waals surface area contributed by atoms with E-state index in [2.05, 4.69) is 5.32 Å². The lowest BCUT2D eigenvalue weighted by Crippen LogP contribution is -2.43. The number of aliphatic hydroxyl groups is 1. The van der Waals surface area contributed by atoms with Crippen LogP contribution >= 0.6 is 0 Å². The van der Waals surface area contributed by atoms with Crippen molar-refractivity contribution >= 4 is 5.91 Å². The van der Waals surface area contributed by atoms with Crippen LogP contribution in [-0.4, -0.2) is 36.1 Å². The number of carbonyl (C=O) groups excluding carboxylic acids is 1. The van der Waals surface area contributed by atoms with Crippen LogP contribution in [0.25, 0.3) is 0 Å². The van der Waals surface area contributed by atoms with Gasteiger partial charge in [-0.05, 0) is 6.92 Å². The van der Waals surface area contributed by atoms with Gasteiger partial charge in [0.1, 0.15) is 6.10 Å². The molecule has 0 rings (SSSR count). The van der Waals surface area contributed by atoms with Gasteiger partial charge in [-0.15, -0.1) is 0 Å². The first kappa shape index (κ1) is 11.2. The first-order valence-electron chi connectivity index (χ1n) is 3.44. The van der Waals surface area contributed by atoms with E-state index >= 15 is 0 Å². The van der Waals surface area contributed by atoms with E-state index in [4.69, 9.17) is 10.8 Å². The lowest BCUT2D eigenvalue weighted by Gasteiger charge is -2.13. The van der Waals surface area contributed by atoms with Crippen LogP contribution < -0.4 is 11.1 Å². The first-order valence-corrected chi connectivity index (χ1v) is 3.44. The molecule has 0 fully saturated rings. The van der Waals surface area contributed by atoms with E-state index in [9.17, 15) is 13.6 Å². The van der Waals surface area contributed by atoms with E-state index in [1.807, 2.05) is 0 Å². The van der Waals surface area contributed by atoms with Crippen LogP contribution in [0.5, 0.6) is 0 Å². The van der Waals surface area contributed by atoms with Gasteiger partial charge in [0.05, 0.1) is 6.04 Å². The summed E-state index contributed by atoms with van der Waals surface area (Å²) >= 11 is 0. The molecule has 12 heavy (non-hydrogen) atoms. The average Bonchev–Trinajstić information content (AvgIpc) is 1.98. The average molecular weight is 182 g/mol. The molecule has 0 heterocycles. The van der Waals surface area contributed by atoms with Crippen LogP contribution in [0.1, 0.15) is 6.92 Å². The van der Waals surface area contributed by atoms with Crippen molar-refractivity contribution < 1.29 is 18.7 Å². The number of hydrogen-bond donors (Lipinski definition) is 3. The molecule has 72 valence electrons. The Morgan fingerprint density at radius 1 is 1.67 bits per heavy atom. The predicted octanol–water partition coefficient (Wildman–Crippen LogP) is -0.924. The summed E-state index contributed by atoms with van der Waals surface area (Å²) in [4.78, 5) is 10.4. The third-order valence-electron chi connectivity index (χ3n) is 1.35. The lowest BCUT2D eigenvalue weighted by molar-refractivity contribution is -0.119. The van der Waals surface area contributed by atoms with Gasteiger partial charge in [0.2, 0.25) is 5.91 Å². The van der Waals surface area contributed by atoms with Crippen molar-refractivity contribution in [1.82, 2.24) is 5.32 Å². The van der Waals surface area contributed by atoms with Crippen molar-refractivity contribution in [2.24, 2.45) is 5.73 Å². The van der Waals surface area contributed by atoms with E-state index in [1.165, 1.54) is 6.92 Å². The number of primary amides is 1. The largest absolute Gasteiger partial charge is 0.386 e. The maximum atomic E-state index is 11.7.